The summed E-state index contributed by atoms with van der Waals surface area (Å²) in [5.74, 6) is 0.401. The predicted molar refractivity (Wildman–Crippen MR) is 45.2 cm³/mol. The van der Waals surface area contributed by atoms with Crippen molar-refractivity contribution in [2.24, 2.45) is 0 Å². The first-order valence-corrected chi connectivity index (χ1v) is 3.34. The molecule has 1 aromatic carbocycles. The molecule has 0 amide bonds. The maximum absolute atomic E-state index is 8.93. The van der Waals surface area contributed by atoms with E-state index in [-0.39, 0.29) is 11.5 Å². The topological polar surface area (TPSA) is 98.0 Å². The van der Waals surface area contributed by atoms with Gasteiger partial charge in [0.05, 0.1) is 0 Å². The highest BCUT2D eigenvalue weighted by molar-refractivity contribution is 5.53. The van der Waals surface area contributed by atoms with Crippen LogP contribution in [0.3, 0.4) is 0 Å². The highest BCUT2D eigenvalue weighted by Gasteiger charge is 1.93. The van der Waals surface area contributed by atoms with Gasteiger partial charge in [-0.15, -0.1) is 0 Å². The van der Waals surface area contributed by atoms with E-state index in [1.165, 1.54) is 18.2 Å². The lowest BCUT2D eigenvalue weighted by molar-refractivity contribution is 0.137. The van der Waals surface area contributed by atoms with Gasteiger partial charge in [0.25, 0.3) is 0 Å². The standard InChI is InChI=1S/C7H8O2.CH2O3/c1-5-4-6(8)2-3-7(5)9;2-1(3)4/h2-4,8-9H,1H3;(H2,2,3,4). The molecule has 0 atom stereocenters. The van der Waals surface area contributed by atoms with Crippen LogP contribution < -0.4 is 0 Å². The second-order valence-corrected chi connectivity index (χ2v) is 2.25. The van der Waals surface area contributed by atoms with Gasteiger partial charge in [0.2, 0.25) is 0 Å². The summed E-state index contributed by atoms with van der Waals surface area (Å²) in [6.07, 6.45) is -1.83. The summed E-state index contributed by atoms with van der Waals surface area (Å²) in [5, 5.41) is 31.7. The summed E-state index contributed by atoms with van der Waals surface area (Å²) in [6, 6.07) is 4.42. The van der Waals surface area contributed by atoms with Crippen LogP contribution in [0.2, 0.25) is 0 Å². The van der Waals surface area contributed by atoms with E-state index in [0.29, 0.717) is 5.56 Å². The second kappa shape index (κ2) is 4.87. The first kappa shape index (κ1) is 11.1. The summed E-state index contributed by atoms with van der Waals surface area (Å²) < 4.78 is 0. The van der Waals surface area contributed by atoms with Crippen LogP contribution in [0.15, 0.2) is 18.2 Å². The number of phenolic OH excluding ortho intramolecular Hbond substituents is 2. The fraction of sp³-hybridized carbons (Fsp3) is 0.125. The number of hydrogen-bond donors (Lipinski definition) is 4. The highest BCUT2D eigenvalue weighted by atomic mass is 16.6. The Morgan fingerprint density at radius 3 is 2.00 bits per heavy atom. The Balaban J connectivity index is 0.000000310. The summed E-state index contributed by atoms with van der Waals surface area (Å²) in [5.41, 5.74) is 0.690. The van der Waals surface area contributed by atoms with E-state index in [9.17, 15) is 0 Å². The van der Waals surface area contributed by atoms with E-state index < -0.39 is 6.16 Å². The Labute approximate surface area is 74.5 Å². The zero-order valence-electron chi connectivity index (χ0n) is 6.93. The maximum atomic E-state index is 8.93. The SMILES string of the molecule is Cc1cc(O)ccc1O.O=C(O)O. The molecule has 0 fully saturated rings. The average molecular weight is 186 g/mol. The molecule has 1 rings (SSSR count). The van der Waals surface area contributed by atoms with Crippen molar-refractivity contribution in [2.45, 2.75) is 6.92 Å². The van der Waals surface area contributed by atoms with Crippen LogP contribution in [-0.4, -0.2) is 26.6 Å². The van der Waals surface area contributed by atoms with Crippen LogP contribution in [-0.2, 0) is 0 Å². The van der Waals surface area contributed by atoms with E-state index in [1.807, 2.05) is 0 Å². The van der Waals surface area contributed by atoms with Crippen molar-refractivity contribution in [3.8, 4) is 11.5 Å². The van der Waals surface area contributed by atoms with Gasteiger partial charge in [0.15, 0.2) is 0 Å². The van der Waals surface area contributed by atoms with E-state index in [2.05, 4.69) is 0 Å². The van der Waals surface area contributed by atoms with Crippen molar-refractivity contribution in [3.63, 3.8) is 0 Å². The van der Waals surface area contributed by atoms with Crippen LogP contribution in [0.5, 0.6) is 11.5 Å². The third-order valence-electron chi connectivity index (χ3n) is 1.18. The van der Waals surface area contributed by atoms with Gasteiger partial charge >= 0.3 is 6.16 Å². The molecule has 0 saturated carbocycles. The number of benzene rings is 1. The minimum absolute atomic E-state index is 0.185. The molecule has 4 N–H and O–H groups in total. The van der Waals surface area contributed by atoms with Crippen LogP contribution in [0, 0.1) is 6.92 Å². The number of phenols is 2. The highest BCUT2D eigenvalue weighted by Crippen LogP contribution is 2.19. The lowest BCUT2D eigenvalue weighted by Gasteiger charge is -1.96. The molecule has 1 aromatic rings. The fourth-order valence-electron chi connectivity index (χ4n) is 0.640. The van der Waals surface area contributed by atoms with Gasteiger partial charge in [-0.2, -0.15) is 0 Å². The van der Waals surface area contributed by atoms with E-state index in [4.69, 9.17) is 25.2 Å². The van der Waals surface area contributed by atoms with Gasteiger partial charge < -0.3 is 20.4 Å². The molecule has 0 aliphatic rings. The van der Waals surface area contributed by atoms with Gasteiger partial charge in [-0.25, -0.2) is 4.79 Å². The molecular weight excluding hydrogens is 176 g/mol. The van der Waals surface area contributed by atoms with Crippen molar-refractivity contribution >= 4 is 6.16 Å². The maximum Gasteiger partial charge on any atom is 0.503 e. The van der Waals surface area contributed by atoms with Gasteiger partial charge in [-0.3, -0.25) is 0 Å². The van der Waals surface area contributed by atoms with Crippen molar-refractivity contribution in [1.29, 1.82) is 0 Å². The van der Waals surface area contributed by atoms with Crippen LogP contribution in [0.25, 0.3) is 0 Å². The van der Waals surface area contributed by atoms with Gasteiger partial charge in [-0.05, 0) is 30.7 Å². The van der Waals surface area contributed by atoms with E-state index >= 15 is 0 Å². The minimum Gasteiger partial charge on any atom is -0.508 e. The molecule has 0 radical (unpaired) electrons. The summed E-state index contributed by atoms with van der Waals surface area (Å²) in [7, 11) is 0. The largest absolute Gasteiger partial charge is 0.508 e. The molecular formula is C8H10O5. The first-order valence-electron chi connectivity index (χ1n) is 3.34. The van der Waals surface area contributed by atoms with E-state index in [1.54, 1.807) is 6.92 Å². The minimum atomic E-state index is -1.83. The van der Waals surface area contributed by atoms with Gasteiger partial charge in [-0.1, -0.05) is 0 Å². The molecule has 72 valence electrons. The normalized spacial score (nSPS) is 8.38. The Morgan fingerprint density at radius 2 is 1.69 bits per heavy atom. The molecule has 0 aliphatic heterocycles. The molecule has 0 heterocycles. The molecule has 5 heteroatoms. The molecule has 0 saturated heterocycles. The first-order chi connectivity index (χ1) is 5.93. The third kappa shape index (κ3) is 5.37. The number of aryl methyl sites for hydroxylation is 1. The lowest BCUT2D eigenvalue weighted by Crippen LogP contribution is -1.81. The van der Waals surface area contributed by atoms with Crippen molar-refractivity contribution in [1.82, 2.24) is 0 Å². The van der Waals surface area contributed by atoms with Crippen molar-refractivity contribution in [2.75, 3.05) is 0 Å². The second-order valence-electron chi connectivity index (χ2n) is 2.25. The Hall–Kier alpha value is -1.91. The zero-order chi connectivity index (χ0) is 10.4. The summed E-state index contributed by atoms with van der Waals surface area (Å²) in [6.45, 7) is 1.73. The number of hydrogen-bond acceptors (Lipinski definition) is 3. The van der Waals surface area contributed by atoms with E-state index in [0.717, 1.165) is 0 Å². The zero-order valence-corrected chi connectivity index (χ0v) is 6.93. The smallest absolute Gasteiger partial charge is 0.503 e. The number of rotatable bonds is 0. The average Bonchev–Trinajstić information content (AvgIpc) is 1.96. The van der Waals surface area contributed by atoms with Crippen LogP contribution in [0.4, 0.5) is 4.79 Å². The Bertz CT molecular complexity index is 291. The Kier molecular flexibility index (Phi) is 4.15. The van der Waals surface area contributed by atoms with Crippen molar-refractivity contribution in [3.05, 3.63) is 23.8 Å². The molecule has 0 aliphatic carbocycles. The summed E-state index contributed by atoms with van der Waals surface area (Å²) >= 11 is 0. The Morgan fingerprint density at radius 1 is 1.23 bits per heavy atom. The molecule has 0 bridgehead atoms. The van der Waals surface area contributed by atoms with Gasteiger partial charge in [0, 0.05) is 0 Å². The fourth-order valence-corrected chi connectivity index (χ4v) is 0.640. The summed E-state index contributed by atoms with van der Waals surface area (Å²) in [4.78, 5) is 8.56. The predicted octanol–water partition coefficient (Wildman–Crippen LogP) is 1.63. The molecule has 0 aromatic heterocycles. The lowest BCUT2D eigenvalue weighted by atomic mass is 10.2. The molecule has 13 heavy (non-hydrogen) atoms. The van der Waals surface area contributed by atoms with Crippen molar-refractivity contribution < 1.29 is 25.2 Å². The quantitative estimate of drug-likeness (QED) is 0.461. The molecule has 0 spiro atoms. The molecule has 0 unspecified atom stereocenters. The monoisotopic (exact) mass is 186 g/mol. The number of carbonyl (C=O) groups is 1. The number of aromatic hydroxyl groups is 2. The van der Waals surface area contributed by atoms with Crippen LogP contribution in [0.1, 0.15) is 5.56 Å². The van der Waals surface area contributed by atoms with Gasteiger partial charge in [0.1, 0.15) is 11.5 Å². The number of carboxylic acid groups (broad SMARTS) is 2. The third-order valence-corrected chi connectivity index (χ3v) is 1.18. The van der Waals surface area contributed by atoms with Crippen LogP contribution >= 0.6 is 0 Å². The molecule has 5 nitrogen and oxygen atoms in total.